The molecule has 0 aromatic heterocycles. The first-order valence-corrected chi connectivity index (χ1v) is 6.16. The maximum absolute atomic E-state index is 11.6. The zero-order valence-corrected chi connectivity index (χ0v) is 11.1. The van der Waals surface area contributed by atoms with E-state index in [4.69, 9.17) is 14.2 Å². The van der Waals surface area contributed by atoms with Gasteiger partial charge in [0.25, 0.3) is 0 Å². The van der Waals surface area contributed by atoms with Gasteiger partial charge in [-0.25, -0.2) is 0 Å². The largest absolute Gasteiger partial charge is 0.463 e. The molecule has 0 N–H and O–H groups in total. The normalized spacial score (nSPS) is 33.2. The Morgan fingerprint density at radius 2 is 2.05 bits per heavy atom. The third-order valence-electron chi connectivity index (χ3n) is 3.28. The number of carbonyl (C=O) groups is 3. The minimum atomic E-state index is -0.607. The highest BCUT2D eigenvalue weighted by molar-refractivity contribution is 5.85. The Bertz CT molecular complexity index is 409. The van der Waals surface area contributed by atoms with Gasteiger partial charge < -0.3 is 19.1 Å². The van der Waals surface area contributed by atoms with Crippen molar-refractivity contribution in [1.29, 1.82) is 0 Å². The van der Waals surface area contributed by atoms with E-state index in [-0.39, 0.29) is 31.2 Å². The summed E-state index contributed by atoms with van der Waals surface area (Å²) in [5.41, 5.74) is 0. The summed E-state index contributed by atoms with van der Waals surface area (Å²) in [5, 5.41) is 0. The van der Waals surface area contributed by atoms with Crippen molar-refractivity contribution >= 4 is 17.8 Å². The number of carbonyl (C=O) groups excluding carboxylic acids is 3. The van der Waals surface area contributed by atoms with Crippen LogP contribution in [0.4, 0.5) is 0 Å². The molecule has 7 nitrogen and oxygen atoms in total. The second-order valence-corrected chi connectivity index (χ2v) is 4.79. The summed E-state index contributed by atoms with van der Waals surface area (Å²) >= 11 is 0. The minimum absolute atomic E-state index is 0.0124. The molecule has 0 unspecified atom stereocenters. The highest BCUT2D eigenvalue weighted by Gasteiger charge is 2.52. The van der Waals surface area contributed by atoms with Crippen molar-refractivity contribution in [3.8, 4) is 0 Å². The summed E-state index contributed by atoms with van der Waals surface area (Å²) in [6.07, 6.45) is -1.46. The van der Waals surface area contributed by atoms with Gasteiger partial charge in [0.15, 0.2) is 0 Å². The number of β-lactam (4-membered cyclic amide) rings is 1. The summed E-state index contributed by atoms with van der Waals surface area (Å²) in [7, 11) is 0. The van der Waals surface area contributed by atoms with Gasteiger partial charge in [0.05, 0.1) is 12.5 Å². The van der Waals surface area contributed by atoms with Crippen molar-refractivity contribution in [2.24, 2.45) is 5.92 Å². The number of fused-ring (bicyclic) bond motifs is 1. The van der Waals surface area contributed by atoms with Crippen LogP contribution in [0.15, 0.2) is 0 Å². The Hall–Kier alpha value is -1.63. The maximum atomic E-state index is 11.6. The van der Waals surface area contributed by atoms with Crippen LogP contribution in [0.25, 0.3) is 0 Å². The third-order valence-corrected chi connectivity index (χ3v) is 3.28. The van der Waals surface area contributed by atoms with E-state index in [1.165, 1.54) is 18.7 Å². The quantitative estimate of drug-likeness (QED) is 0.517. The fourth-order valence-electron chi connectivity index (χ4n) is 2.33. The van der Waals surface area contributed by atoms with Crippen molar-refractivity contribution in [2.75, 3.05) is 13.2 Å². The Labute approximate surface area is 110 Å². The fraction of sp³-hybridized carbons (Fsp3) is 0.750. The number of nitrogens with zero attached hydrogens (tertiary/aromatic N) is 1. The van der Waals surface area contributed by atoms with E-state index >= 15 is 0 Å². The number of amides is 1. The number of esters is 2. The Balaban J connectivity index is 2.02. The first kappa shape index (κ1) is 13.8. The molecular weight excluding hydrogens is 254 g/mol. The minimum Gasteiger partial charge on any atom is -0.463 e. The number of hydrogen-bond acceptors (Lipinski definition) is 6. The van der Waals surface area contributed by atoms with Crippen LogP contribution in [0.5, 0.6) is 0 Å². The summed E-state index contributed by atoms with van der Waals surface area (Å²) < 4.78 is 15.7. The van der Waals surface area contributed by atoms with E-state index in [2.05, 4.69) is 0 Å². The van der Waals surface area contributed by atoms with Crippen LogP contribution in [0.1, 0.15) is 20.8 Å². The molecule has 0 bridgehead atoms. The first-order valence-electron chi connectivity index (χ1n) is 6.16. The molecule has 2 fully saturated rings. The smallest absolute Gasteiger partial charge is 0.303 e. The van der Waals surface area contributed by atoms with Crippen LogP contribution < -0.4 is 0 Å². The molecule has 0 aliphatic carbocycles. The number of hydrogen-bond donors (Lipinski definition) is 0. The van der Waals surface area contributed by atoms with Gasteiger partial charge in [0, 0.05) is 13.8 Å². The predicted octanol–water partition coefficient (Wildman–Crippen LogP) is -0.316. The summed E-state index contributed by atoms with van der Waals surface area (Å²) in [5.74, 6) is -1.11. The van der Waals surface area contributed by atoms with Crippen LogP contribution in [-0.4, -0.2) is 54.3 Å². The molecule has 4 atom stereocenters. The fourth-order valence-corrected chi connectivity index (χ4v) is 2.33. The van der Waals surface area contributed by atoms with Crippen molar-refractivity contribution in [3.63, 3.8) is 0 Å². The Kier molecular flexibility index (Phi) is 3.75. The molecule has 0 saturated carbocycles. The molecule has 19 heavy (non-hydrogen) atoms. The molecule has 0 radical (unpaired) electrons. The van der Waals surface area contributed by atoms with Gasteiger partial charge >= 0.3 is 11.9 Å². The molecule has 2 rings (SSSR count). The molecule has 7 heteroatoms. The van der Waals surface area contributed by atoms with Gasteiger partial charge in [0.2, 0.25) is 5.91 Å². The molecule has 106 valence electrons. The van der Waals surface area contributed by atoms with Gasteiger partial charge in [-0.2, -0.15) is 0 Å². The lowest BCUT2D eigenvalue weighted by Gasteiger charge is -2.52. The Morgan fingerprint density at radius 3 is 2.63 bits per heavy atom. The molecule has 0 aromatic carbocycles. The summed E-state index contributed by atoms with van der Waals surface area (Å²) in [4.78, 5) is 35.1. The lowest BCUT2D eigenvalue weighted by Crippen LogP contribution is -2.69. The molecule has 1 amide bonds. The first-order chi connectivity index (χ1) is 8.90. The van der Waals surface area contributed by atoms with Gasteiger partial charge in [-0.3, -0.25) is 14.4 Å². The molecule has 2 heterocycles. The topological polar surface area (TPSA) is 82.1 Å². The molecule has 2 saturated heterocycles. The standard InChI is InChI=1S/C12H17NO6/c1-6-11(16)13-4-9(18-8(3)15)10(19-12(6)13)5-17-7(2)14/h6,9-10,12H,4-5H2,1-3H3/t6-,9-,10+,12-/m0/s1. The average Bonchev–Trinajstić information content (AvgIpc) is 2.35. The van der Waals surface area contributed by atoms with Crippen LogP contribution in [0.2, 0.25) is 0 Å². The molecule has 0 aromatic rings. The van der Waals surface area contributed by atoms with Gasteiger partial charge in [-0.05, 0) is 6.92 Å². The van der Waals surface area contributed by atoms with E-state index in [0.29, 0.717) is 0 Å². The lowest BCUT2D eigenvalue weighted by molar-refractivity contribution is -0.254. The highest BCUT2D eigenvalue weighted by atomic mass is 16.6. The van der Waals surface area contributed by atoms with Gasteiger partial charge in [-0.15, -0.1) is 0 Å². The van der Waals surface area contributed by atoms with Gasteiger partial charge in [0.1, 0.15) is 25.0 Å². The van der Waals surface area contributed by atoms with Crippen molar-refractivity contribution in [2.45, 2.75) is 39.2 Å². The van der Waals surface area contributed by atoms with Crippen LogP contribution in [-0.2, 0) is 28.6 Å². The zero-order chi connectivity index (χ0) is 14.2. The van der Waals surface area contributed by atoms with E-state index in [9.17, 15) is 14.4 Å². The molecular formula is C12H17NO6. The summed E-state index contributed by atoms with van der Waals surface area (Å²) in [6, 6.07) is 0. The number of ether oxygens (including phenoxy) is 3. The molecule has 2 aliphatic rings. The van der Waals surface area contributed by atoms with Crippen molar-refractivity contribution < 1.29 is 28.6 Å². The van der Waals surface area contributed by atoms with E-state index < -0.39 is 24.1 Å². The second kappa shape index (κ2) is 5.16. The monoisotopic (exact) mass is 271 g/mol. The van der Waals surface area contributed by atoms with Crippen LogP contribution in [0, 0.1) is 5.92 Å². The second-order valence-electron chi connectivity index (χ2n) is 4.79. The zero-order valence-electron chi connectivity index (χ0n) is 11.1. The Morgan fingerprint density at radius 1 is 1.37 bits per heavy atom. The number of rotatable bonds is 3. The SMILES string of the molecule is CC(=O)OC[C@H]1O[C@H]2[C@@H](C)C(=O)N2C[C@@H]1OC(C)=O. The van der Waals surface area contributed by atoms with E-state index in [1.54, 1.807) is 6.92 Å². The predicted molar refractivity (Wildman–Crippen MR) is 61.7 cm³/mol. The van der Waals surface area contributed by atoms with E-state index in [1.807, 2.05) is 0 Å². The molecule has 0 spiro atoms. The lowest BCUT2D eigenvalue weighted by atomic mass is 9.94. The van der Waals surface area contributed by atoms with Crippen LogP contribution in [0.3, 0.4) is 0 Å². The van der Waals surface area contributed by atoms with Crippen molar-refractivity contribution in [1.82, 2.24) is 4.90 Å². The average molecular weight is 271 g/mol. The van der Waals surface area contributed by atoms with Crippen LogP contribution >= 0.6 is 0 Å². The summed E-state index contributed by atoms with van der Waals surface area (Å²) in [6.45, 7) is 4.65. The van der Waals surface area contributed by atoms with Gasteiger partial charge in [-0.1, -0.05) is 0 Å². The van der Waals surface area contributed by atoms with E-state index in [0.717, 1.165) is 0 Å². The molecule has 2 aliphatic heterocycles. The van der Waals surface area contributed by atoms with Crippen molar-refractivity contribution in [3.05, 3.63) is 0 Å². The highest BCUT2D eigenvalue weighted by Crippen LogP contribution is 2.33. The maximum Gasteiger partial charge on any atom is 0.303 e. The third kappa shape index (κ3) is 2.70.